The molecular formula is C19H24N4O4S. The van der Waals surface area contributed by atoms with Crippen LogP contribution in [0, 0.1) is 6.92 Å². The Morgan fingerprint density at radius 3 is 2.43 bits per heavy atom. The van der Waals surface area contributed by atoms with Crippen LogP contribution < -0.4 is 19.5 Å². The highest BCUT2D eigenvalue weighted by Crippen LogP contribution is 2.28. The van der Waals surface area contributed by atoms with Gasteiger partial charge in [-0.25, -0.2) is 18.1 Å². The molecule has 3 rings (SSSR count). The van der Waals surface area contributed by atoms with Crippen molar-refractivity contribution >= 4 is 16.0 Å². The van der Waals surface area contributed by atoms with Gasteiger partial charge in [-0.05, 0) is 36.8 Å². The molecule has 0 bridgehead atoms. The fourth-order valence-corrected chi connectivity index (χ4v) is 3.78. The van der Waals surface area contributed by atoms with E-state index in [1.54, 1.807) is 38.5 Å². The second-order valence-electron chi connectivity index (χ2n) is 6.42. The van der Waals surface area contributed by atoms with Gasteiger partial charge in [-0.1, -0.05) is 23.8 Å². The van der Waals surface area contributed by atoms with Crippen molar-refractivity contribution in [1.82, 2.24) is 14.9 Å². The number of aliphatic imine (C=N–C) groups is 1. The second-order valence-corrected chi connectivity index (χ2v) is 8.10. The molecule has 0 amide bonds. The molecule has 0 saturated heterocycles. The number of sulfonamides is 1. The molecule has 9 heteroatoms. The molecule has 0 atom stereocenters. The minimum absolute atomic E-state index is 0.204. The van der Waals surface area contributed by atoms with Crippen molar-refractivity contribution in [2.24, 2.45) is 4.99 Å². The average molecular weight is 404 g/mol. The molecule has 150 valence electrons. The Labute approximate surface area is 165 Å². The van der Waals surface area contributed by atoms with Crippen LogP contribution in [0.3, 0.4) is 0 Å². The number of methoxy groups -OCH3 is 2. The van der Waals surface area contributed by atoms with Crippen LogP contribution >= 0.6 is 0 Å². The van der Waals surface area contributed by atoms with Gasteiger partial charge in [-0.15, -0.1) is 0 Å². The van der Waals surface area contributed by atoms with Crippen molar-refractivity contribution < 1.29 is 17.9 Å². The Bertz CT molecular complexity index is 958. The lowest BCUT2D eigenvalue weighted by Gasteiger charge is -2.27. The third-order valence-corrected chi connectivity index (χ3v) is 5.67. The smallest absolute Gasteiger partial charge is 0.264 e. The summed E-state index contributed by atoms with van der Waals surface area (Å²) in [5.41, 5.74) is 2.04. The predicted octanol–water partition coefficient (Wildman–Crippen LogP) is 1.67. The van der Waals surface area contributed by atoms with Crippen LogP contribution in [0.5, 0.6) is 11.5 Å². The molecule has 1 aliphatic heterocycles. The molecule has 2 aromatic rings. The Hall–Kier alpha value is -2.78. The number of guanidine groups is 1. The molecule has 8 nitrogen and oxygen atoms in total. The Balaban J connectivity index is 1.62. The molecule has 1 heterocycles. The van der Waals surface area contributed by atoms with Gasteiger partial charge in [-0.3, -0.25) is 4.90 Å². The van der Waals surface area contributed by atoms with Crippen LogP contribution in [-0.2, 0) is 16.6 Å². The minimum Gasteiger partial charge on any atom is -0.493 e. The van der Waals surface area contributed by atoms with Crippen molar-refractivity contribution in [3.05, 3.63) is 53.6 Å². The molecular weight excluding hydrogens is 380 g/mol. The first-order valence-corrected chi connectivity index (χ1v) is 10.2. The Morgan fingerprint density at radius 1 is 1.11 bits per heavy atom. The largest absolute Gasteiger partial charge is 0.493 e. The number of rotatable bonds is 6. The van der Waals surface area contributed by atoms with E-state index in [1.807, 2.05) is 30.0 Å². The minimum atomic E-state index is -3.66. The van der Waals surface area contributed by atoms with E-state index in [4.69, 9.17) is 9.47 Å². The number of nitrogens with zero attached hydrogens (tertiary/aromatic N) is 2. The van der Waals surface area contributed by atoms with Gasteiger partial charge in [0.2, 0.25) is 5.96 Å². The van der Waals surface area contributed by atoms with Crippen LogP contribution in [0.1, 0.15) is 11.1 Å². The van der Waals surface area contributed by atoms with Gasteiger partial charge in [-0.2, -0.15) is 0 Å². The molecule has 0 unspecified atom stereocenters. The summed E-state index contributed by atoms with van der Waals surface area (Å²) in [7, 11) is -0.467. The fraction of sp³-hybridized carbons (Fsp3) is 0.316. The quantitative estimate of drug-likeness (QED) is 0.761. The van der Waals surface area contributed by atoms with Crippen LogP contribution in [0.15, 0.2) is 52.4 Å². The topological polar surface area (TPSA) is 92.3 Å². The highest BCUT2D eigenvalue weighted by molar-refractivity contribution is 7.90. The second kappa shape index (κ2) is 8.49. The maximum Gasteiger partial charge on any atom is 0.264 e. The van der Waals surface area contributed by atoms with Crippen LogP contribution in [0.25, 0.3) is 0 Å². The number of nitrogens with one attached hydrogen (secondary N) is 2. The summed E-state index contributed by atoms with van der Waals surface area (Å²) in [5.74, 6) is 1.58. The van der Waals surface area contributed by atoms with Crippen LogP contribution in [0.4, 0.5) is 0 Å². The Kier molecular flexibility index (Phi) is 6.05. The van der Waals surface area contributed by atoms with Crippen molar-refractivity contribution in [3.8, 4) is 11.5 Å². The van der Waals surface area contributed by atoms with Gasteiger partial charge in [0.05, 0.1) is 32.5 Å². The summed E-state index contributed by atoms with van der Waals surface area (Å²) in [4.78, 5) is 6.53. The maximum atomic E-state index is 12.4. The molecule has 0 saturated carbocycles. The SMILES string of the molecule is COc1ccc(CN2CN=C(NS(=O)(=O)c3ccc(C)cc3)NC2)cc1OC. The number of aryl methyl sites for hydroxylation is 1. The lowest BCUT2D eigenvalue weighted by molar-refractivity contribution is 0.254. The summed E-state index contributed by atoms with van der Waals surface area (Å²) < 4.78 is 38.0. The number of ether oxygens (including phenoxy) is 2. The molecule has 28 heavy (non-hydrogen) atoms. The van der Waals surface area contributed by atoms with Gasteiger partial charge in [0, 0.05) is 6.54 Å². The van der Waals surface area contributed by atoms with E-state index in [2.05, 4.69) is 15.0 Å². The van der Waals surface area contributed by atoms with Crippen molar-refractivity contribution in [3.63, 3.8) is 0 Å². The summed E-state index contributed by atoms with van der Waals surface area (Å²) in [6.45, 7) is 3.37. The first-order chi connectivity index (χ1) is 13.4. The summed E-state index contributed by atoms with van der Waals surface area (Å²) in [6.07, 6.45) is 0. The van der Waals surface area contributed by atoms with E-state index in [0.717, 1.165) is 11.1 Å². The monoisotopic (exact) mass is 404 g/mol. The van der Waals surface area contributed by atoms with E-state index in [-0.39, 0.29) is 10.9 Å². The van der Waals surface area contributed by atoms with Gasteiger partial charge < -0.3 is 14.8 Å². The summed E-state index contributed by atoms with van der Waals surface area (Å²) >= 11 is 0. The lowest BCUT2D eigenvalue weighted by atomic mass is 10.2. The van der Waals surface area contributed by atoms with Crippen molar-refractivity contribution in [2.75, 3.05) is 27.6 Å². The normalized spacial score (nSPS) is 14.8. The number of hydrogen-bond donors (Lipinski definition) is 2. The zero-order valence-electron chi connectivity index (χ0n) is 16.1. The molecule has 0 radical (unpaired) electrons. The first kappa shape index (κ1) is 20.0. The zero-order valence-corrected chi connectivity index (χ0v) is 16.9. The molecule has 2 N–H and O–H groups in total. The fourth-order valence-electron chi connectivity index (χ4n) is 2.78. The van der Waals surface area contributed by atoms with E-state index in [0.29, 0.717) is 31.4 Å². The Morgan fingerprint density at radius 2 is 1.82 bits per heavy atom. The summed E-state index contributed by atoms with van der Waals surface area (Å²) in [5, 5.41) is 3.01. The number of benzene rings is 2. The third-order valence-electron chi connectivity index (χ3n) is 4.32. The van der Waals surface area contributed by atoms with E-state index >= 15 is 0 Å². The van der Waals surface area contributed by atoms with Crippen LogP contribution in [-0.4, -0.2) is 46.8 Å². The van der Waals surface area contributed by atoms with Gasteiger partial charge >= 0.3 is 0 Å². The lowest BCUT2D eigenvalue weighted by Crippen LogP contribution is -2.49. The standard InChI is InChI=1S/C19H24N4O4S/c1-14-4-7-16(8-5-14)28(24,25)22-19-20-12-23(13-21-19)11-15-6-9-17(26-2)18(10-15)27-3/h4-10H,11-13H2,1-3H3,(H2,20,21,22). The summed E-state index contributed by atoms with van der Waals surface area (Å²) in [6, 6.07) is 12.4. The maximum absolute atomic E-state index is 12.4. The molecule has 0 spiro atoms. The van der Waals surface area contributed by atoms with E-state index < -0.39 is 10.0 Å². The predicted molar refractivity (Wildman–Crippen MR) is 107 cm³/mol. The van der Waals surface area contributed by atoms with Crippen LogP contribution in [0.2, 0.25) is 0 Å². The zero-order chi connectivity index (χ0) is 20.1. The van der Waals surface area contributed by atoms with Gasteiger partial charge in [0.15, 0.2) is 11.5 Å². The molecule has 0 aliphatic carbocycles. The highest BCUT2D eigenvalue weighted by Gasteiger charge is 2.19. The van der Waals surface area contributed by atoms with Crippen molar-refractivity contribution in [1.29, 1.82) is 0 Å². The van der Waals surface area contributed by atoms with Gasteiger partial charge in [0.1, 0.15) is 0 Å². The number of hydrogen-bond acceptors (Lipinski definition) is 7. The first-order valence-electron chi connectivity index (χ1n) is 8.72. The average Bonchev–Trinajstić information content (AvgIpc) is 2.69. The van der Waals surface area contributed by atoms with E-state index in [1.165, 1.54) is 0 Å². The molecule has 1 aliphatic rings. The molecule has 0 aromatic heterocycles. The molecule has 0 fully saturated rings. The highest BCUT2D eigenvalue weighted by atomic mass is 32.2. The molecule has 2 aromatic carbocycles. The van der Waals surface area contributed by atoms with Gasteiger partial charge in [0.25, 0.3) is 10.0 Å². The van der Waals surface area contributed by atoms with Crippen molar-refractivity contribution in [2.45, 2.75) is 18.4 Å². The van der Waals surface area contributed by atoms with E-state index in [9.17, 15) is 8.42 Å². The third kappa shape index (κ3) is 4.73.